The molecular weight excluding hydrogens is 274 g/mol. The Labute approximate surface area is 122 Å². The predicted octanol–water partition coefficient (Wildman–Crippen LogP) is 1.41. The van der Waals surface area contributed by atoms with Crippen LogP contribution in [0.25, 0.3) is 0 Å². The van der Waals surface area contributed by atoms with Crippen LogP contribution in [0.5, 0.6) is 0 Å². The molecule has 2 rings (SSSR count). The average Bonchev–Trinajstić information content (AvgIpc) is 2.84. The van der Waals surface area contributed by atoms with Crippen LogP contribution in [0.2, 0.25) is 0 Å². The highest BCUT2D eigenvalue weighted by Crippen LogP contribution is 2.14. The summed E-state index contributed by atoms with van der Waals surface area (Å²) in [6.45, 7) is 5.35. The molecule has 114 valence electrons. The summed E-state index contributed by atoms with van der Waals surface area (Å²) in [6, 6.07) is 4.64. The normalized spacial score (nSPS) is 18.5. The quantitative estimate of drug-likeness (QED) is 0.864. The highest BCUT2D eigenvalue weighted by Gasteiger charge is 2.24. The van der Waals surface area contributed by atoms with Crippen molar-refractivity contribution in [2.24, 2.45) is 0 Å². The van der Waals surface area contributed by atoms with E-state index in [1.165, 1.54) is 11.9 Å². The Kier molecular flexibility index (Phi) is 5.23. The lowest BCUT2D eigenvalue weighted by molar-refractivity contribution is 0.288. The third-order valence-corrected chi connectivity index (χ3v) is 5.19. The Morgan fingerprint density at radius 2 is 2.05 bits per heavy atom. The van der Waals surface area contributed by atoms with Gasteiger partial charge < -0.3 is 9.88 Å². The van der Waals surface area contributed by atoms with Gasteiger partial charge in [0.15, 0.2) is 0 Å². The van der Waals surface area contributed by atoms with Gasteiger partial charge in [-0.2, -0.15) is 0 Å². The second-order valence-electron chi connectivity index (χ2n) is 5.51. The van der Waals surface area contributed by atoms with Crippen molar-refractivity contribution in [2.45, 2.75) is 45.3 Å². The van der Waals surface area contributed by atoms with Crippen molar-refractivity contribution < 1.29 is 8.42 Å². The maximum Gasteiger partial charge on any atom is 0.211 e. The molecule has 0 amide bonds. The second kappa shape index (κ2) is 6.74. The van der Waals surface area contributed by atoms with Crippen LogP contribution in [0.15, 0.2) is 18.3 Å². The average molecular weight is 299 g/mol. The molecule has 5 nitrogen and oxygen atoms in total. The van der Waals surface area contributed by atoms with Gasteiger partial charge in [0.05, 0.1) is 6.26 Å². The monoisotopic (exact) mass is 299 g/mol. The molecule has 0 aliphatic carbocycles. The lowest BCUT2D eigenvalue weighted by Gasteiger charge is -2.30. The van der Waals surface area contributed by atoms with Crippen LogP contribution in [0, 0.1) is 0 Å². The smallest absolute Gasteiger partial charge is 0.211 e. The first-order valence-electron chi connectivity index (χ1n) is 7.33. The fourth-order valence-electron chi connectivity index (χ4n) is 2.71. The molecule has 1 aromatic heterocycles. The zero-order valence-electron chi connectivity index (χ0n) is 12.4. The number of sulfonamides is 1. The SMILES string of the molecule is CCCn1cccc1CNC1CCN(S(C)(=O)=O)CC1. The summed E-state index contributed by atoms with van der Waals surface area (Å²) < 4.78 is 26.8. The van der Waals surface area contributed by atoms with E-state index < -0.39 is 10.0 Å². The number of aromatic nitrogens is 1. The number of nitrogens with one attached hydrogen (secondary N) is 1. The summed E-state index contributed by atoms with van der Waals surface area (Å²) >= 11 is 0. The third-order valence-electron chi connectivity index (χ3n) is 3.88. The van der Waals surface area contributed by atoms with Crippen LogP contribution in [-0.2, 0) is 23.1 Å². The summed E-state index contributed by atoms with van der Waals surface area (Å²) in [6.07, 6.45) is 6.32. The van der Waals surface area contributed by atoms with Crippen molar-refractivity contribution in [3.05, 3.63) is 24.0 Å². The van der Waals surface area contributed by atoms with Crippen LogP contribution < -0.4 is 5.32 Å². The lowest BCUT2D eigenvalue weighted by Crippen LogP contribution is -2.44. The van der Waals surface area contributed by atoms with Crippen LogP contribution in [0.1, 0.15) is 31.9 Å². The van der Waals surface area contributed by atoms with Crippen LogP contribution in [0.3, 0.4) is 0 Å². The minimum absolute atomic E-state index is 0.415. The highest BCUT2D eigenvalue weighted by molar-refractivity contribution is 7.88. The predicted molar refractivity (Wildman–Crippen MR) is 81.0 cm³/mol. The first kappa shape index (κ1) is 15.5. The third kappa shape index (κ3) is 4.07. The number of rotatable bonds is 6. The van der Waals surface area contributed by atoms with Crippen LogP contribution in [0.4, 0.5) is 0 Å². The first-order valence-corrected chi connectivity index (χ1v) is 9.18. The minimum Gasteiger partial charge on any atom is -0.350 e. The van der Waals surface area contributed by atoms with Crippen molar-refractivity contribution in [2.75, 3.05) is 19.3 Å². The van der Waals surface area contributed by atoms with Crippen molar-refractivity contribution >= 4 is 10.0 Å². The molecule has 0 aromatic carbocycles. The Hall–Kier alpha value is -0.850. The maximum absolute atomic E-state index is 11.5. The van der Waals surface area contributed by atoms with E-state index in [1.807, 2.05) is 0 Å². The van der Waals surface area contributed by atoms with Gasteiger partial charge in [-0.15, -0.1) is 0 Å². The summed E-state index contributed by atoms with van der Waals surface area (Å²) in [5.74, 6) is 0. The van der Waals surface area contributed by atoms with Crippen molar-refractivity contribution in [3.63, 3.8) is 0 Å². The Morgan fingerprint density at radius 1 is 1.35 bits per heavy atom. The van der Waals surface area contributed by atoms with Crippen molar-refractivity contribution in [3.8, 4) is 0 Å². The van der Waals surface area contributed by atoms with Crippen LogP contribution >= 0.6 is 0 Å². The zero-order chi connectivity index (χ0) is 14.6. The summed E-state index contributed by atoms with van der Waals surface area (Å²) in [5, 5.41) is 3.55. The standard InChI is InChI=1S/C14H25N3O2S/c1-3-8-16-9-4-5-14(16)12-15-13-6-10-17(11-7-13)20(2,18)19/h4-5,9,13,15H,3,6-8,10-12H2,1-2H3. The molecule has 1 saturated heterocycles. The van der Waals surface area contributed by atoms with E-state index >= 15 is 0 Å². The summed E-state index contributed by atoms with van der Waals surface area (Å²) in [4.78, 5) is 0. The maximum atomic E-state index is 11.5. The van der Waals surface area contributed by atoms with Gasteiger partial charge in [0, 0.05) is 44.1 Å². The molecule has 0 bridgehead atoms. The number of aryl methyl sites for hydroxylation is 1. The molecule has 2 heterocycles. The fraction of sp³-hybridized carbons (Fsp3) is 0.714. The lowest BCUT2D eigenvalue weighted by atomic mass is 10.1. The molecular formula is C14H25N3O2S. The molecule has 1 aliphatic rings. The van der Waals surface area contributed by atoms with Gasteiger partial charge in [-0.3, -0.25) is 0 Å². The number of piperidine rings is 1. The molecule has 1 fully saturated rings. The molecule has 6 heteroatoms. The van der Waals surface area contributed by atoms with E-state index in [0.29, 0.717) is 19.1 Å². The van der Waals surface area contributed by atoms with Gasteiger partial charge in [-0.05, 0) is 31.4 Å². The van der Waals surface area contributed by atoms with Crippen molar-refractivity contribution in [1.82, 2.24) is 14.2 Å². The minimum atomic E-state index is -3.02. The Morgan fingerprint density at radius 3 is 2.65 bits per heavy atom. The van der Waals surface area contributed by atoms with Gasteiger partial charge in [0.25, 0.3) is 0 Å². The fourth-order valence-corrected chi connectivity index (χ4v) is 3.58. The highest BCUT2D eigenvalue weighted by atomic mass is 32.2. The molecule has 0 saturated carbocycles. The molecule has 1 N–H and O–H groups in total. The summed E-state index contributed by atoms with van der Waals surface area (Å²) in [5.41, 5.74) is 1.30. The van der Waals surface area contributed by atoms with Crippen LogP contribution in [-0.4, -0.2) is 42.7 Å². The topological polar surface area (TPSA) is 54.3 Å². The van der Waals surface area contributed by atoms with E-state index in [2.05, 4.69) is 35.1 Å². The van der Waals surface area contributed by atoms with Gasteiger partial charge in [0.1, 0.15) is 0 Å². The molecule has 20 heavy (non-hydrogen) atoms. The number of hydrogen-bond acceptors (Lipinski definition) is 3. The Bertz CT molecular complexity index is 516. The zero-order valence-corrected chi connectivity index (χ0v) is 13.2. The second-order valence-corrected chi connectivity index (χ2v) is 7.49. The van der Waals surface area contributed by atoms with E-state index in [1.54, 1.807) is 4.31 Å². The van der Waals surface area contributed by atoms with E-state index in [9.17, 15) is 8.42 Å². The first-order chi connectivity index (χ1) is 9.50. The van der Waals surface area contributed by atoms with E-state index in [4.69, 9.17) is 0 Å². The number of hydrogen-bond donors (Lipinski definition) is 1. The largest absolute Gasteiger partial charge is 0.350 e. The summed E-state index contributed by atoms with van der Waals surface area (Å²) in [7, 11) is -3.02. The molecule has 1 aromatic rings. The van der Waals surface area contributed by atoms with E-state index in [-0.39, 0.29) is 0 Å². The van der Waals surface area contributed by atoms with Gasteiger partial charge in [-0.1, -0.05) is 6.92 Å². The van der Waals surface area contributed by atoms with Crippen molar-refractivity contribution in [1.29, 1.82) is 0 Å². The molecule has 1 aliphatic heterocycles. The van der Waals surface area contributed by atoms with Gasteiger partial charge in [-0.25, -0.2) is 12.7 Å². The van der Waals surface area contributed by atoms with E-state index in [0.717, 1.165) is 32.4 Å². The molecule has 0 unspecified atom stereocenters. The van der Waals surface area contributed by atoms with Gasteiger partial charge in [0.2, 0.25) is 10.0 Å². The molecule has 0 radical (unpaired) electrons. The number of nitrogens with zero attached hydrogens (tertiary/aromatic N) is 2. The molecule has 0 atom stereocenters. The molecule has 0 spiro atoms. The Balaban J connectivity index is 1.80. The van der Waals surface area contributed by atoms with Gasteiger partial charge >= 0.3 is 0 Å².